The molecule has 0 heterocycles. The quantitative estimate of drug-likeness (QED) is 0.112. The molecule has 4 aromatic rings. The molecule has 0 saturated carbocycles. The van der Waals surface area contributed by atoms with E-state index in [0.29, 0.717) is 0 Å². The van der Waals surface area contributed by atoms with Crippen LogP contribution in [0.2, 0.25) is 0 Å². The van der Waals surface area contributed by atoms with Crippen LogP contribution in [0.3, 0.4) is 0 Å². The Labute approximate surface area is 282 Å². The van der Waals surface area contributed by atoms with Gasteiger partial charge in [0.25, 0.3) is 0 Å². The van der Waals surface area contributed by atoms with Crippen LogP contribution in [0.25, 0.3) is 0 Å². The number of hydrogen-bond donors (Lipinski definition) is 0. The molecule has 0 amide bonds. The van der Waals surface area contributed by atoms with Crippen LogP contribution in [0.1, 0.15) is 22.3 Å². The summed E-state index contributed by atoms with van der Waals surface area (Å²) in [4.78, 5) is 6.66. The third-order valence-corrected chi connectivity index (χ3v) is 13.2. The van der Waals surface area contributed by atoms with Gasteiger partial charge >= 0.3 is 21.7 Å². The largest absolute Gasteiger partial charge is 4.00 e. The Morgan fingerprint density at radius 3 is 1.00 bits per heavy atom. The molecular weight excluding hydrogens is 621 g/mol. The summed E-state index contributed by atoms with van der Waals surface area (Å²) < 4.78 is 0. The van der Waals surface area contributed by atoms with Crippen LogP contribution in [0.5, 0.6) is 0 Å². The molecule has 218 valence electrons. The molecule has 0 aliphatic heterocycles. The minimum atomic E-state index is -2.71. The fourth-order valence-electron chi connectivity index (χ4n) is 5.77. The summed E-state index contributed by atoms with van der Waals surface area (Å²) in [5.74, 6) is 0. The Morgan fingerprint density at radius 1 is 0.488 bits per heavy atom. The standard InChI is InChI=1S/C33H42N3Si.3ClH.Ti/c1-23-24(2)26(4)33(25(23)3)37(30-17-11-14-27(20-30)34(5)6,31-18-12-15-28(21-31)35(7)8)32-19-13-16-29(22-32)36(9)10;;;;/h11-22H,1-10H3;3*1H;/q-1;;;;+4/p-3. The van der Waals surface area contributed by atoms with Crippen molar-refractivity contribution in [3.05, 3.63) is 95.1 Å². The van der Waals surface area contributed by atoms with Gasteiger partial charge in [-0.2, -0.15) is 22.3 Å². The first-order valence-electron chi connectivity index (χ1n) is 13.1. The number of benzene rings is 3. The first-order valence-corrected chi connectivity index (χ1v) is 15.1. The molecule has 0 aromatic heterocycles. The second-order valence-corrected chi connectivity index (χ2v) is 14.7. The van der Waals surface area contributed by atoms with E-state index in [-0.39, 0.29) is 58.9 Å². The van der Waals surface area contributed by atoms with Crippen LogP contribution in [0, 0.1) is 27.7 Å². The Balaban J connectivity index is 0.00000400. The maximum absolute atomic E-state index is 2.71. The van der Waals surface area contributed by atoms with E-state index < -0.39 is 8.07 Å². The summed E-state index contributed by atoms with van der Waals surface area (Å²) in [5.41, 5.74) is 9.40. The van der Waals surface area contributed by atoms with Crippen molar-refractivity contribution in [1.29, 1.82) is 0 Å². The molecule has 0 fully saturated rings. The summed E-state index contributed by atoms with van der Waals surface area (Å²) in [6.45, 7) is 9.27. The van der Waals surface area contributed by atoms with Crippen LogP contribution < -0.4 is 72.7 Å². The number of halogens is 3. The van der Waals surface area contributed by atoms with Gasteiger partial charge in [-0.15, -0.1) is 5.19 Å². The number of hydrogen-bond acceptors (Lipinski definition) is 3. The van der Waals surface area contributed by atoms with E-state index in [4.69, 9.17) is 0 Å². The molecule has 8 heteroatoms. The molecule has 4 rings (SSSR count). The van der Waals surface area contributed by atoms with Crippen molar-refractivity contribution in [2.45, 2.75) is 27.7 Å². The van der Waals surface area contributed by atoms with E-state index in [1.165, 1.54) is 60.1 Å². The van der Waals surface area contributed by atoms with Gasteiger partial charge in [0.2, 0.25) is 0 Å². The van der Waals surface area contributed by atoms with E-state index in [1.807, 2.05) is 0 Å². The predicted octanol–water partition coefficient (Wildman–Crippen LogP) is -4.78. The minimum absolute atomic E-state index is 0. The van der Waals surface area contributed by atoms with Crippen molar-refractivity contribution in [2.24, 2.45) is 0 Å². The third kappa shape index (κ3) is 7.07. The molecule has 0 saturated heterocycles. The fourth-order valence-corrected chi connectivity index (χ4v) is 11.3. The van der Waals surface area contributed by atoms with Gasteiger partial charge in [-0.3, -0.25) is 0 Å². The van der Waals surface area contributed by atoms with Crippen molar-refractivity contribution in [2.75, 3.05) is 57.0 Å². The van der Waals surface area contributed by atoms with Crippen LogP contribution in [-0.2, 0) is 21.7 Å². The average molecular weight is 663 g/mol. The molecule has 0 bridgehead atoms. The van der Waals surface area contributed by atoms with Crippen molar-refractivity contribution in [1.82, 2.24) is 0 Å². The van der Waals surface area contributed by atoms with E-state index >= 15 is 0 Å². The molecule has 0 aliphatic carbocycles. The normalized spacial score (nSPS) is 10.4. The van der Waals surface area contributed by atoms with E-state index in [0.717, 1.165) is 0 Å². The number of rotatable bonds is 7. The van der Waals surface area contributed by atoms with Gasteiger partial charge in [-0.05, 0) is 36.4 Å². The van der Waals surface area contributed by atoms with Crippen LogP contribution in [-0.4, -0.2) is 50.4 Å². The first kappa shape index (κ1) is 39.2. The topological polar surface area (TPSA) is 9.72 Å². The van der Waals surface area contributed by atoms with Crippen LogP contribution in [0.15, 0.2) is 72.8 Å². The van der Waals surface area contributed by atoms with Crippen molar-refractivity contribution in [3.63, 3.8) is 0 Å². The van der Waals surface area contributed by atoms with Crippen LogP contribution in [0.4, 0.5) is 17.1 Å². The van der Waals surface area contributed by atoms with E-state index in [2.05, 4.69) is 157 Å². The van der Waals surface area contributed by atoms with Gasteiger partial charge in [0, 0.05) is 59.3 Å². The van der Waals surface area contributed by atoms with E-state index in [9.17, 15) is 0 Å². The molecular formula is C33H42Cl3N3SiTi. The van der Waals surface area contributed by atoms with Gasteiger partial charge in [0.1, 0.15) is 8.07 Å². The van der Waals surface area contributed by atoms with Gasteiger partial charge in [-0.25, -0.2) is 0 Å². The molecule has 41 heavy (non-hydrogen) atoms. The summed E-state index contributed by atoms with van der Waals surface area (Å²) >= 11 is 0. The second-order valence-electron chi connectivity index (χ2n) is 11.0. The smallest absolute Gasteiger partial charge is 1.00 e. The zero-order chi connectivity index (χ0) is 27.1. The summed E-state index contributed by atoms with van der Waals surface area (Å²) in [6, 6.07) is 27.8. The molecule has 0 aliphatic rings. The first-order chi connectivity index (χ1) is 17.5. The van der Waals surface area contributed by atoms with Gasteiger partial charge < -0.3 is 51.9 Å². The summed E-state index contributed by atoms with van der Waals surface area (Å²) in [5, 5.41) is 5.79. The SMILES string of the molecule is Cc1c(C)c(C)[c-]([Si](c2cccc(N(C)C)c2)(c2cccc(N(C)C)c2)c2cccc(N(C)C)c2)c1C.[Cl-].[Cl-].[Cl-].[Ti+4]. The Morgan fingerprint density at radius 2 is 0.756 bits per heavy atom. The number of nitrogens with zero attached hydrogens (tertiary/aromatic N) is 3. The Bertz CT molecular complexity index is 1280. The fraction of sp³-hybridized carbons (Fsp3) is 0.303. The average Bonchev–Trinajstić information content (AvgIpc) is 3.08. The zero-order valence-corrected chi connectivity index (χ0v) is 30.7. The van der Waals surface area contributed by atoms with E-state index in [1.54, 1.807) is 0 Å². The zero-order valence-electron chi connectivity index (χ0n) is 25.9. The summed E-state index contributed by atoms with van der Waals surface area (Å²) in [6.07, 6.45) is 0. The summed E-state index contributed by atoms with van der Waals surface area (Å²) in [7, 11) is 10.1. The maximum atomic E-state index is 2.44. The molecule has 0 atom stereocenters. The van der Waals surface area contributed by atoms with Gasteiger partial charge in [-0.1, -0.05) is 79.7 Å². The number of anilines is 3. The maximum Gasteiger partial charge on any atom is 4.00 e. The van der Waals surface area contributed by atoms with Gasteiger partial charge in [0.05, 0.1) is 0 Å². The predicted molar refractivity (Wildman–Crippen MR) is 168 cm³/mol. The van der Waals surface area contributed by atoms with Crippen molar-refractivity contribution >= 4 is 45.9 Å². The molecule has 0 radical (unpaired) electrons. The van der Waals surface area contributed by atoms with Crippen molar-refractivity contribution < 1.29 is 58.9 Å². The Kier molecular flexibility index (Phi) is 14.9. The minimum Gasteiger partial charge on any atom is -1.00 e. The molecule has 4 aromatic carbocycles. The molecule has 0 N–H and O–H groups in total. The second kappa shape index (κ2) is 15.6. The third-order valence-electron chi connectivity index (χ3n) is 8.20. The van der Waals surface area contributed by atoms with Gasteiger partial charge in [0.15, 0.2) is 0 Å². The monoisotopic (exact) mass is 661 g/mol. The van der Waals surface area contributed by atoms with Crippen molar-refractivity contribution in [3.8, 4) is 0 Å². The molecule has 0 spiro atoms. The Hall–Kier alpha value is -1.79. The van der Waals surface area contributed by atoms with Crippen LogP contribution >= 0.6 is 0 Å². The molecule has 3 nitrogen and oxygen atoms in total. The molecule has 0 unspecified atom stereocenters.